The van der Waals surface area contributed by atoms with Gasteiger partial charge in [-0.25, -0.2) is 4.79 Å². The van der Waals surface area contributed by atoms with E-state index in [1.807, 2.05) is 0 Å². The molecule has 1 N–H and O–H groups in total. The summed E-state index contributed by atoms with van der Waals surface area (Å²) in [6.07, 6.45) is -0.503. The number of nitrogens with one attached hydrogen (secondary N) is 1. The highest BCUT2D eigenvalue weighted by Gasteiger charge is 2.28. The van der Waals surface area contributed by atoms with Crippen LogP contribution in [-0.2, 0) is 4.74 Å². The normalized spacial score (nSPS) is 14.6. The molecular formula is C11H22FNO2. The smallest absolute Gasteiger partial charge is 0.407 e. The maximum Gasteiger partial charge on any atom is 0.407 e. The van der Waals surface area contributed by atoms with Gasteiger partial charge in [-0.15, -0.1) is 0 Å². The molecule has 3 nitrogen and oxygen atoms in total. The van der Waals surface area contributed by atoms with Crippen molar-refractivity contribution in [2.45, 2.75) is 53.2 Å². The van der Waals surface area contributed by atoms with Gasteiger partial charge < -0.3 is 10.1 Å². The number of hydrogen-bond acceptors (Lipinski definition) is 2. The lowest BCUT2D eigenvalue weighted by Crippen LogP contribution is -2.45. The minimum absolute atomic E-state index is 0.266. The first-order chi connectivity index (χ1) is 6.58. The molecule has 0 aliphatic rings. The molecule has 15 heavy (non-hydrogen) atoms. The Balaban J connectivity index is 4.20. The minimum atomic E-state index is -0.573. The molecule has 0 spiro atoms. The summed E-state index contributed by atoms with van der Waals surface area (Å²) in [4.78, 5) is 11.4. The van der Waals surface area contributed by atoms with E-state index in [4.69, 9.17) is 4.74 Å². The second-order valence-corrected chi connectivity index (χ2v) is 5.49. The lowest BCUT2D eigenvalue weighted by atomic mass is 9.87. The topological polar surface area (TPSA) is 38.3 Å². The predicted octanol–water partition coefficient (Wildman–Crippen LogP) is 2.90. The number of carbonyl (C=O) groups is 1. The van der Waals surface area contributed by atoms with Crippen molar-refractivity contribution in [3.8, 4) is 0 Å². The molecule has 0 heterocycles. The molecule has 0 bridgehead atoms. The summed E-state index contributed by atoms with van der Waals surface area (Å²) in [6.45, 7) is 10.2. The molecule has 1 atom stereocenters. The fourth-order valence-electron chi connectivity index (χ4n) is 0.795. The number of hydrogen-bond donors (Lipinski definition) is 1. The Labute approximate surface area is 91.4 Å². The maximum absolute atomic E-state index is 12.6. The molecule has 0 aromatic rings. The molecule has 0 fully saturated rings. The second kappa shape index (κ2) is 4.81. The van der Waals surface area contributed by atoms with Crippen LogP contribution in [0, 0.1) is 5.41 Å². The van der Waals surface area contributed by atoms with Crippen LogP contribution < -0.4 is 5.32 Å². The van der Waals surface area contributed by atoms with E-state index in [9.17, 15) is 9.18 Å². The SMILES string of the molecule is C[C@H](NC(=O)OC(C)(C)C)C(C)(C)CF. The highest BCUT2D eigenvalue weighted by Crippen LogP contribution is 2.21. The first kappa shape index (κ1) is 14.2. The summed E-state index contributed by atoms with van der Waals surface area (Å²) >= 11 is 0. The zero-order valence-corrected chi connectivity index (χ0v) is 10.5. The van der Waals surface area contributed by atoms with Crippen molar-refractivity contribution in [3.63, 3.8) is 0 Å². The van der Waals surface area contributed by atoms with Gasteiger partial charge in [0.2, 0.25) is 0 Å². The van der Waals surface area contributed by atoms with Gasteiger partial charge in [0.05, 0.1) is 6.67 Å². The third-order valence-electron chi connectivity index (χ3n) is 2.25. The van der Waals surface area contributed by atoms with Gasteiger partial charge in [-0.3, -0.25) is 4.39 Å². The lowest BCUT2D eigenvalue weighted by Gasteiger charge is -2.30. The number of halogens is 1. The average Bonchev–Trinajstić information content (AvgIpc) is 2.00. The fraction of sp³-hybridized carbons (Fsp3) is 0.909. The third kappa shape index (κ3) is 5.60. The molecule has 0 unspecified atom stereocenters. The van der Waals surface area contributed by atoms with Gasteiger partial charge in [0, 0.05) is 11.5 Å². The van der Waals surface area contributed by atoms with Crippen molar-refractivity contribution in [1.29, 1.82) is 0 Å². The molecular weight excluding hydrogens is 197 g/mol. The van der Waals surface area contributed by atoms with Crippen molar-refractivity contribution in [1.82, 2.24) is 5.32 Å². The lowest BCUT2D eigenvalue weighted by molar-refractivity contribution is 0.0454. The van der Waals surface area contributed by atoms with Crippen molar-refractivity contribution < 1.29 is 13.9 Å². The molecule has 0 rings (SSSR count). The predicted molar refractivity (Wildman–Crippen MR) is 58.6 cm³/mol. The summed E-state index contributed by atoms with van der Waals surface area (Å²) in [5.74, 6) is 0. The first-order valence-corrected chi connectivity index (χ1v) is 5.14. The standard InChI is InChI=1S/C11H22FNO2/c1-8(11(5,6)7-12)13-9(14)15-10(2,3)4/h8H,7H2,1-6H3,(H,13,14)/t8-/m0/s1. The van der Waals surface area contributed by atoms with Crippen LogP contribution in [0.5, 0.6) is 0 Å². The van der Waals surface area contributed by atoms with E-state index in [1.165, 1.54) is 0 Å². The highest BCUT2D eigenvalue weighted by molar-refractivity contribution is 5.68. The van der Waals surface area contributed by atoms with Gasteiger partial charge in [0.25, 0.3) is 0 Å². The molecule has 0 saturated carbocycles. The van der Waals surface area contributed by atoms with E-state index >= 15 is 0 Å². The van der Waals surface area contributed by atoms with Crippen molar-refractivity contribution in [2.75, 3.05) is 6.67 Å². The largest absolute Gasteiger partial charge is 0.444 e. The second-order valence-electron chi connectivity index (χ2n) is 5.49. The average molecular weight is 219 g/mol. The van der Waals surface area contributed by atoms with E-state index < -0.39 is 23.8 Å². The van der Waals surface area contributed by atoms with Crippen LogP contribution in [0.4, 0.5) is 9.18 Å². The van der Waals surface area contributed by atoms with Gasteiger partial charge in [-0.05, 0) is 27.7 Å². The Morgan fingerprint density at radius 1 is 1.33 bits per heavy atom. The molecule has 4 heteroatoms. The molecule has 0 saturated heterocycles. The Bertz CT molecular complexity index is 221. The summed E-state index contributed by atoms with van der Waals surface area (Å²) < 4.78 is 17.7. The number of alkyl halides is 1. The Hall–Kier alpha value is -0.800. The third-order valence-corrected chi connectivity index (χ3v) is 2.25. The number of alkyl carbamates (subject to hydrolysis) is 1. The quantitative estimate of drug-likeness (QED) is 0.792. The van der Waals surface area contributed by atoms with Crippen LogP contribution in [0.15, 0.2) is 0 Å². The van der Waals surface area contributed by atoms with Crippen LogP contribution in [0.25, 0.3) is 0 Å². The minimum Gasteiger partial charge on any atom is -0.444 e. The summed E-state index contributed by atoms with van der Waals surface area (Å²) in [6, 6.07) is -0.266. The van der Waals surface area contributed by atoms with Gasteiger partial charge in [-0.1, -0.05) is 13.8 Å². The van der Waals surface area contributed by atoms with Crippen molar-refractivity contribution in [3.05, 3.63) is 0 Å². The number of amides is 1. The number of carbonyl (C=O) groups excluding carboxylic acids is 1. The van der Waals surface area contributed by atoms with Crippen LogP contribution >= 0.6 is 0 Å². The maximum atomic E-state index is 12.6. The summed E-state index contributed by atoms with van der Waals surface area (Å²) in [5, 5.41) is 2.63. The molecule has 0 radical (unpaired) electrons. The van der Waals surface area contributed by atoms with Crippen LogP contribution in [-0.4, -0.2) is 24.4 Å². The van der Waals surface area contributed by atoms with Gasteiger partial charge in [0.1, 0.15) is 5.60 Å². The van der Waals surface area contributed by atoms with Gasteiger partial charge >= 0.3 is 6.09 Å². The fourth-order valence-corrected chi connectivity index (χ4v) is 0.795. The first-order valence-electron chi connectivity index (χ1n) is 5.14. The summed E-state index contributed by atoms with van der Waals surface area (Å²) in [7, 11) is 0. The van der Waals surface area contributed by atoms with Crippen molar-refractivity contribution in [2.24, 2.45) is 5.41 Å². The molecule has 0 aliphatic heterocycles. The zero-order chi connectivity index (χ0) is 12.3. The van der Waals surface area contributed by atoms with E-state index in [-0.39, 0.29) is 6.04 Å². The molecule has 0 aliphatic carbocycles. The van der Waals surface area contributed by atoms with Gasteiger partial charge in [0.15, 0.2) is 0 Å². The van der Waals surface area contributed by atoms with Gasteiger partial charge in [-0.2, -0.15) is 0 Å². The van der Waals surface area contributed by atoms with E-state index in [1.54, 1.807) is 41.5 Å². The van der Waals surface area contributed by atoms with Crippen LogP contribution in [0.2, 0.25) is 0 Å². The van der Waals surface area contributed by atoms with E-state index in [0.717, 1.165) is 0 Å². The summed E-state index contributed by atoms with van der Waals surface area (Å²) in [5.41, 5.74) is -1.10. The number of ether oxygens (including phenoxy) is 1. The van der Waals surface area contributed by atoms with Crippen molar-refractivity contribution >= 4 is 6.09 Å². The molecule has 90 valence electrons. The molecule has 0 aromatic carbocycles. The molecule has 1 amide bonds. The van der Waals surface area contributed by atoms with E-state index in [0.29, 0.717) is 0 Å². The Morgan fingerprint density at radius 2 is 1.80 bits per heavy atom. The highest BCUT2D eigenvalue weighted by atomic mass is 19.1. The zero-order valence-electron chi connectivity index (χ0n) is 10.5. The van der Waals surface area contributed by atoms with Crippen LogP contribution in [0.1, 0.15) is 41.5 Å². The monoisotopic (exact) mass is 219 g/mol. The number of rotatable bonds is 3. The van der Waals surface area contributed by atoms with E-state index in [2.05, 4.69) is 5.32 Å². The Kier molecular flexibility index (Phi) is 4.56. The van der Waals surface area contributed by atoms with Crippen LogP contribution in [0.3, 0.4) is 0 Å². The molecule has 0 aromatic heterocycles. The Morgan fingerprint density at radius 3 is 2.13 bits per heavy atom.